The number of hydrogen-bond acceptors (Lipinski definition) is 6. The lowest BCUT2D eigenvalue weighted by Crippen LogP contribution is -2.48. The van der Waals surface area contributed by atoms with E-state index in [9.17, 15) is 41.8 Å². The van der Waals surface area contributed by atoms with E-state index in [1.807, 2.05) is 24.3 Å². The van der Waals surface area contributed by atoms with Crippen molar-refractivity contribution in [1.29, 1.82) is 0 Å². The molecule has 2 atom stereocenters. The van der Waals surface area contributed by atoms with Gasteiger partial charge in [0.25, 0.3) is 5.56 Å². The van der Waals surface area contributed by atoms with Gasteiger partial charge in [-0.25, -0.2) is 13.5 Å². The zero-order valence-electron chi connectivity index (χ0n) is 23.9. The maximum Gasteiger partial charge on any atom is 0.305 e. The van der Waals surface area contributed by atoms with Crippen molar-refractivity contribution in [2.75, 3.05) is 6.61 Å². The maximum atomic E-state index is 13.9. The molecule has 2 aromatic carbocycles. The molecule has 1 heterocycles. The van der Waals surface area contributed by atoms with Gasteiger partial charge in [-0.2, -0.15) is 13.9 Å². The summed E-state index contributed by atoms with van der Waals surface area (Å²) in [5.41, 5.74) is 1.70. The van der Waals surface area contributed by atoms with Crippen LogP contribution in [0, 0.1) is 23.3 Å². The number of nitrogens with one attached hydrogen (secondary N) is 1. The van der Waals surface area contributed by atoms with Crippen molar-refractivity contribution in [1.82, 2.24) is 15.1 Å². The van der Waals surface area contributed by atoms with E-state index in [0.29, 0.717) is 12.1 Å². The molecule has 230 valence electrons. The summed E-state index contributed by atoms with van der Waals surface area (Å²) in [6.45, 7) is 6.51. The lowest BCUT2D eigenvalue weighted by atomic mass is 9.82. The first-order valence-electron chi connectivity index (χ1n) is 13.3. The molecule has 0 spiro atoms. The minimum atomic E-state index is -1.90. The number of nitrogens with zero attached hydrogens (tertiary/aromatic N) is 2. The number of Topliss-reactive ketones (excluding diaryl/α,β-unsaturated/α-hetero) is 1. The minimum absolute atomic E-state index is 0.0181. The number of amides is 1. The van der Waals surface area contributed by atoms with Crippen LogP contribution in [-0.4, -0.2) is 45.2 Å². The molecule has 0 saturated heterocycles. The van der Waals surface area contributed by atoms with Crippen LogP contribution in [0.5, 0.6) is 5.75 Å². The van der Waals surface area contributed by atoms with Gasteiger partial charge < -0.3 is 15.2 Å². The van der Waals surface area contributed by atoms with Crippen LogP contribution < -0.4 is 15.6 Å². The fourth-order valence-corrected chi connectivity index (χ4v) is 4.46. The van der Waals surface area contributed by atoms with Gasteiger partial charge in [0.15, 0.2) is 23.2 Å². The summed E-state index contributed by atoms with van der Waals surface area (Å²) >= 11 is 0. The highest BCUT2D eigenvalue weighted by atomic mass is 19.2. The number of rotatable bonds is 12. The number of hydrogen-bond donors (Lipinski definition) is 2. The summed E-state index contributed by atoms with van der Waals surface area (Å²) in [5.74, 6) is -12.5. The molecule has 0 aliphatic carbocycles. The number of carboxylic acid groups (broad SMARTS) is 1. The molecule has 1 aromatic heterocycles. The smallest absolute Gasteiger partial charge is 0.305 e. The third-order valence-corrected chi connectivity index (χ3v) is 6.58. The van der Waals surface area contributed by atoms with Crippen LogP contribution >= 0.6 is 0 Å². The largest absolute Gasteiger partial charge is 0.481 e. The van der Waals surface area contributed by atoms with Crippen LogP contribution in [-0.2, 0) is 26.2 Å². The van der Waals surface area contributed by atoms with Crippen LogP contribution in [0.3, 0.4) is 0 Å². The topological polar surface area (TPSA) is 128 Å². The number of carbonyl (C=O) groups excluding carboxylic acids is 2. The van der Waals surface area contributed by atoms with Gasteiger partial charge in [-0.3, -0.25) is 19.2 Å². The highest BCUT2D eigenvalue weighted by Gasteiger charge is 2.30. The Hall–Kier alpha value is -4.55. The highest BCUT2D eigenvalue weighted by Crippen LogP contribution is 2.28. The Labute approximate surface area is 244 Å². The van der Waals surface area contributed by atoms with Crippen molar-refractivity contribution in [3.63, 3.8) is 0 Å². The quantitative estimate of drug-likeness (QED) is 0.234. The van der Waals surface area contributed by atoms with Gasteiger partial charge in [-0.05, 0) is 29.0 Å². The van der Waals surface area contributed by atoms with Gasteiger partial charge in [0.1, 0.15) is 18.7 Å². The Balaban J connectivity index is 1.84. The first-order chi connectivity index (χ1) is 20.1. The van der Waals surface area contributed by atoms with Crippen molar-refractivity contribution >= 4 is 17.7 Å². The Morgan fingerprint density at radius 2 is 1.65 bits per heavy atom. The van der Waals surface area contributed by atoms with E-state index in [2.05, 4.69) is 35.9 Å². The number of ketones is 1. The van der Waals surface area contributed by atoms with Gasteiger partial charge in [-0.1, -0.05) is 52.0 Å². The first-order valence-corrected chi connectivity index (χ1v) is 13.3. The van der Waals surface area contributed by atoms with Gasteiger partial charge in [-0.15, -0.1) is 0 Å². The number of ether oxygens (including phenoxy) is 1. The average molecular weight is 606 g/mol. The summed E-state index contributed by atoms with van der Waals surface area (Å²) in [6.07, 6.45) is -0.597. The maximum absolute atomic E-state index is 13.9. The van der Waals surface area contributed by atoms with Crippen LogP contribution in [0.15, 0.2) is 47.3 Å². The summed E-state index contributed by atoms with van der Waals surface area (Å²) in [4.78, 5) is 50.1. The van der Waals surface area contributed by atoms with Crippen molar-refractivity contribution in [3.05, 3.63) is 92.9 Å². The molecule has 0 radical (unpaired) electrons. The second-order valence-corrected chi connectivity index (χ2v) is 10.8. The van der Waals surface area contributed by atoms with E-state index in [1.54, 1.807) is 6.92 Å². The Morgan fingerprint density at radius 1 is 1.02 bits per heavy atom. The second kappa shape index (κ2) is 13.6. The van der Waals surface area contributed by atoms with Crippen molar-refractivity contribution in [3.8, 4) is 5.75 Å². The van der Waals surface area contributed by atoms with Crippen LogP contribution in [0.1, 0.15) is 63.4 Å². The molecule has 0 bridgehead atoms. The van der Waals surface area contributed by atoms with Gasteiger partial charge in [0, 0.05) is 18.6 Å². The number of aliphatic carboxylic acids is 1. The Kier molecular flexibility index (Phi) is 10.4. The SMILES string of the molecule is CC[C@@H](C(=O)NC(CC(=O)O)C(=O)COc1c(F)c(F)cc(F)c1F)n1nc(Cc2ccccc2C(C)(C)C)ccc1=O. The molecule has 2 N–H and O–H groups in total. The second-order valence-electron chi connectivity index (χ2n) is 10.8. The van der Waals surface area contributed by atoms with Crippen molar-refractivity contribution in [2.45, 2.75) is 64.5 Å². The normalized spacial score (nSPS) is 12.8. The summed E-state index contributed by atoms with van der Waals surface area (Å²) in [5, 5.41) is 15.9. The van der Waals surface area contributed by atoms with Crippen LogP contribution in [0.25, 0.3) is 0 Å². The number of benzene rings is 2. The predicted molar refractivity (Wildman–Crippen MR) is 147 cm³/mol. The summed E-state index contributed by atoms with van der Waals surface area (Å²) in [7, 11) is 0. The number of carbonyl (C=O) groups is 3. The average Bonchev–Trinajstić information content (AvgIpc) is 2.93. The molecular weight excluding hydrogens is 574 g/mol. The van der Waals surface area contributed by atoms with Crippen molar-refractivity contribution < 1.29 is 41.8 Å². The lowest BCUT2D eigenvalue weighted by Gasteiger charge is -2.23. The van der Waals surface area contributed by atoms with E-state index in [-0.39, 0.29) is 17.9 Å². The first kappa shape index (κ1) is 33.0. The molecule has 0 saturated carbocycles. The molecule has 3 rings (SSSR count). The van der Waals surface area contributed by atoms with E-state index in [1.165, 1.54) is 12.1 Å². The molecule has 0 aliphatic rings. The molecule has 0 aliphatic heterocycles. The molecule has 13 heteroatoms. The molecule has 1 unspecified atom stereocenters. The molecule has 3 aromatic rings. The Morgan fingerprint density at radius 3 is 2.23 bits per heavy atom. The van der Waals surface area contributed by atoms with E-state index < -0.39 is 77.3 Å². The standard InChI is InChI=1S/C30H31F4N3O6/c1-5-22(37-24(39)11-10-17(36-37)12-16-8-6-7-9-18(16)30(2,3)4)29(42)35-21(14-25(40)41)23(38)15-43-28-26(33)19(31)13-20(32)27(28)34/h6-11,13,21-22H,5,12,14-15H2,1-4H3,(H,35,42)(H,40,41)/t21?,22-/m0/s1. The number of aromatic nitrogens is 2. The molecule has 1 amide bonds. The highest BCUT2D eigenvalue weighted by molar-refractivity contribution is 5.93. The van der Waals surface area contributed by atoms with Gasteiger partial charge >= 0.3 is 5.97 Å². The van der Waals surface area contributed by atoms with Crippen molar-refractivity contribution in [2.24, 2.45) is 0 Å². The van der Waals surface area contributed by atoms with E-state index in [0.717, 1.165) is 15.8 Å². The molecule has 0 fully saturated rings. The number of carboxylic acids is 1. The third kappa shape index (κ3) is 8.05. The van der Waals surface area contributed by atoms with Gasteiger partial charge in [0.05, 0.1) is 12.1 Å². The fraction of sp³-hybridized carbons (Fsp3) is 0.367. The third-order valence-electron chi connectivity index (χ3n) is 6.58. The lowest BCUT2D eigenvalue weighted by molar-refractivity contribution is -0.140. The molecular formula is C30H31F4N3O6. The molecule has 9 nitrogen and oxygen atoms in total. The fourth-order valence-electron chi connectivity index (χ4n) is 4.46. The predicted octanol–water partition coefficient (Wildman–Crippen LogP) is 4.25. The van der Waals surface area contributed by atoms with Gasteiger partial charge in [0.2, 0.25) is 17.5 Å². The zero-order chi connectivity index (χ0) is 32.1. The van der Waals surface area contributed by atoms with E-state index in [4.69, 9.17) is 0 Å². The van der Waals surface area contributed by atoms with Crippen LogP contribution in [0.4, 0.5) is 17.6 Å². The molecule has 43 heavy (non-hydrogen) atoms. The van der Waals surface area contributed by atoms with Crippen LogP contribution in [0.2, 0.25) is 0 Å². The Bertz CT molecular complexity index is 1560. The minimum Gasteiger partial charge on any atom is -0.481 e. The number of halogens is 4. The summed E-state index contributed by atoms with van der Waals surface area (Å²) < 4.78 is 60.4. The zero-order valence-corrected chi connectivity index (χ0v) is 23.9. The monoisotopic (exact) mass is 605 g/mol. The summed E-state index contributed by atoms with van der Waals surface area (Å²) in [6, 6.07) is 7.40. The van der Waals surface area contributed by atoms with E-state index >= 15 is 0 Å².